The number of benzene rings is 1. The number of hydrogen-bond donors (Lipinski definition) is 2. The van der Waals surface area contributed by atoms with Crippen LogP contribution in [0.25, 0.3) is 0 Å². The van der Waals surface area contributed by atoms with Gasteiger partial charge in [-0.05, 0) is 42.3 Å². The van der Waals surface area contributed by atoms with Crippen LogP contribution in [-0.4, -0.2) is 19.0 Å². The van der Waals surface area contributed by atoms with E-state index in [1.54, 1.807) is 0 Å². The molecule has 0 saturated heterocycles. The molecule has 0 aromatic heterocycles. The maximum Gasteiger partial charge on any atom is 0.234 e. The number of carbonyl (C=O) groups excluding carboxylic acids is 1. The third-order valence-electron chi connectivity index (χ3n) is 3.55. The van der Waals surface area contributed by atoms with Crippen LogP contribution in [0.15, 0.2) is 24.3 Å². The van der Waals surface area contributed by atoms with Crippen LogP contribution in [0.2, 0.25) is 0 Å². The Morgan fingerprint density at radius 1 is 1.26 bits per heavy atom. The van der Waals surface area contributed by atoms with Crippen molar-refractivity contribution in [2.24, 2.45) is 5.92 Å². The van der Waals surface area contributed by atoms with Crippen LogP contribution in [0.3, 0.4) is 0 Å². The lowest BCUT2D eigenvalue weighted by atomic mass is 10.0. The summed E-state index contributed by atoms with van der Waals surface area (Å²) >= 11 is 0. The van der Waals surface area contributed by atoms with Crippen LogP contribution < -0.4 is 10.6 Å². The van der Waals surface area contributed by atoms with Crippen LogP contribution in [0.1, 0.15) is 43.7 Å². The Hall–Kier alpha value is -1.35. The SMILES string of the molecule is CC(C)c1ccc(CNC(=O)CNCC2CC2)cc1. The number of amides is 1. The van der Waals surface area contributed by atoms with Gasteiger partial charge in [0, 0.05) is 6.54 Å². The normalized spacial score (nSPS) is 14.7. The van der Waals surface area contributed by atoms with E-state index in [1.807, 2.05) is 0 Å². The molecule has 1 aromatic rings. The van der Waals surface area contributed by atoms with E-state index in [-0.39, 0.29) is 5.91 Å². The lowest BCUT2D eigenvalue weighted by Gasteiger charge is -2.08. The van der Waals surface area contributed by atoms with Gasteiger partial charge in [0.1, 0.15) is 0 Å². The Labute approximate surface area is 115 Å². The van der Waals surface area contributed by atoms with Gasteiger partial charge in [-0.3, -0.25) is 4.79 Å². The van der Waals surface area contributed by atoms with Crippen molar-refractivity contribution in [3.8, 4) is 0 Å². The minimum Gasteiger partial charge on any atom is -0.351 e. The first kappa shape index (κ1) is 14.1. The van der Waals surface area contributed by atoms with E-state index in [2.05, 4.69) is 48.7 Å². The Balaban J connectivity index is 1.67. The summed E-state index contributed by atoms with van der Waals surface area (Å²) in [5, 5.41) is 6.14. The topological polar surface area (TPSA) is 41.1 Å². The van der Waals surface area contributed by atoms with Crippen LogP contribution >= 0.6 is 0 Å². The number of rotatable bonds is 7. The fourth-order valence-electron chi connectivity index (χ4n) is 2.00. The van der Waals surface area contributed by atoms with E-state index in [0.29, 0.717) is 19.0 Å². The highest BCUT2D eigenvalue weighted by atomic mass is 16.1. The zero-order valence-corrected chi connectivity index (χ0v) is 11.9. The fourth-order valence-corrected chi connectivity index (χ4v) is 2.00. The minimum absolute atomic E-state index is 0.0774. The molecule has 3 nitrogen and oxygen atoms in total. The Bertz CT molecular complexity index is 407. The van der Waals surface area contributed by atoms with Crippen molar-refractivity contribution < 1.29 is 4.79 Å². The fraction of sp³-hybridized carbons (Fsp3) is 0.562. The van der Waals surface area contributed by atoms with E-state index in [4.69, 9.17) is 0 Å². The van der Waals surface area contributed by atoms with Crippen LogP contribution in [-0.2, 0) is 11.3 Å². The summed E-state index contributed by atoms with van der Waals surface area (Å²) in [6, 6.07) is 8.45. The maximum absolute atomic E-state index is 11.6. The molecule has 0 bridgehead atoms. The summed E-state index contributed by atoms with van der Waals surface area (Å²) in [6.45, 7) is 6.39. The second-order valence-corrected chi connectivity index (χ2v) is 5.75. The predicted molar refractivity (Wildman–Crippen MR) is 78.0 cm³/mol. The van der Waals surface area contributed by atoms with Gasteiger partial charge in [0.05, 0.1) is 6.54 Å². The van der Waals surface area contributed by atoms with Crippen molar-refractivity contribution in [2.45, 2.75) is 39.2 Å². The first-order valence-electron chi connectivity index (χ1n) is 7.21. The summed E-state index contributed by atoms with van der Waals surface area (Å²) in [7, 11) is 0. The van der Waals surface area contributed by atoms with E-state index in [9.17, 15) is 4.79 Å². The van der Waals surface area contributed by atoms with Gasteiger partial charge in [-0.25, -0.2) is 0 Å². The average molecular weight is 260 g/mol. The molecule has 0 unspecified atom stereocenters. The first-order valence-corrected chi connectivity index (χ1v) is 7.21. The van der Waals surface area contributed by atoms with E-state index >= 15 is 0 Å². The summed E-state index contributed by atoms with van der Waals surface area (Å²) in [5.74, 6) is 1.44. The molecular weight excluding hydrogens is 236 g/mol. The monoisotopic (exact) mass is 260 g/mol. The Morgan fingerprint density at radius 2 is 1.95 bits per heavy atom. The van der Waals surface area contributed by atoms with Crippen molar-refractivity contribution >= 4 is 5.91 Å². The van der Waals surface area contributed by atoms with E-state index in [1.165, 1.54) is 18.4 Å². The van der Waals surface area contributed by atoms with Crippen molar-refractivity contribution in [2.75, 3.05) is 13.1 Å². The van der Waals surface area contributed by atoms with E-state index in [0.717, 1.165) is 18.0 Å². The zero-order valence-electron chi connectivity index (χ0n) is 11.9. The molecule has 0 spiro atoms. The Morgan fingerprint density at radius 3 is 2.53 bits per heavy atom. The Kier molecular flexibility index (Phi) is 4.97. The van der Waals surface area contributed by atoms with Crippen molar-refractivity contribution in [1.29, 1.82) is 0 Å². The predicted octanol–water partition coefficient (Wildman–Crippen LogP) is 2.43. The van der Waals surface area contributed by atoms with Gasteiger partial charge in [-0.1, -0.05) is 38.1 Å². The van der Waals surface area contributed by atoms with Crippen LogP contribution in [0.5, 0.6) is 0 Å². The average Bonchev–Trinajstić information content (AvgIpc) is 3.21. The third-order valence-corrected chi connectivity index (χ3v) is 3.55. The van der Waals surface area contributed by atoms with Crippen molar-refractivity contribution in [1.82, 2.24) is 10.6 Å². The highest BCUT2D eigenvalue weighted by molar-refractivity contribution is 5.77. The lowest BCUT2D eigenvalue weighted by Crippen LogP contribution is -2.34. The number of nitrogens with one attached hydrogen (secondary N) is 2. The van der Waals surface area contributed by atoms with Gasteiger partial charge in [-0.2, -0.15) is 0 Å². The summed E-state index contributed by atoms with van der Waals surface area (Å²) in [4.78, 5) is 11.6. The molecule has 1 aliphatic rings. The second-order valence-electron chi connectivity index (χ2n) is 5.75. The molecule has 3 heteroatoms. The summed E-state index contributed by atoms with van der Waals surface area (Å²) in [5.41, 5.74) is 2.49. The molecule has 0 atom stereocenters. The van der Waals surface area contributed by atoms with Gasteiger partial charge in [0.15, 0.2) is 0 Å². The van der Waals surface area contributed by atoms with Crippen molar-refractivity contribution in [3.63, 3.8) is 0 Å². The highest BCUT2D eigenvalue weighted by Gasteiger charge is 2.20. The molecule has 19 heavy (non-hydrogen) atoms. The van der Waals surface area contributed by atoms with Gasteiger partial charge < -0.3 is 10.6 Å². The molecule has 104 valence electrons. The maximum atomic E-state index is 11.6. The smallest absolute Gasteiger partial charge is 0.234 e. The van der Waals surface area contributed by atoms with Crippen LogP contribution in [0, 0.1) is 5.92 Å². The van der Waals surface area contributed by atoms with E-state index < -0.39 is 0 Å². The number of carbonyl (C=O) groups is 1. The molecule has 1 amide bonds. The molecule has 1 aromatic carbocycles. The summed E-state index contributed by atoms with van der Waals surface area (Å²) in [6.07, 6.45) is 2.63. The number of hydrogen-bond acceptors (Lipinski definition) is 2. The van der Waals surface area contributed by atoms with Gasteiger partial charge in [0.25, 0.3) is 0 Å². The van der Waals surface area contributed by atoms with Gasteiger partial charge in [0.2, 0.25) is 5.91 Å². The molecule has 1 fully saturated rings. The first-order chi connectivity index (χ1) is 9.15. The van der Waals surface area contributed by atoms with Gasteiger partial charge >= 0.3 is 0 Å². The zero-order chi connectivity index (χ0) is 13.7. The molecular formula is C16H24N2O. The molecule has 0 aliphatic heterocycles. The highest BCUT2D eigenvalue weighted by Crippen LogP contribution is 2.27. The lowest BCUT2D eigenvalue weighted by molar-refractivity contribution is -0.120. The molecule has 2 rings (SSSR count). The largest absolute Gasteiger partial charge is 0.351 e. The summed E-state index contributed by atoms with van der Waals surface area (Å²) < 4.78 is 0. The third kappa shape index (κ3) is 5.03. The standard InChI is InChI=1S/C16H24N2O/c1-12(2)15-7-5-14(6-8-15)10-18-16(19)11-17-9-13-3-4-13/h5-8,12-13,17H,3-4,9-11H2,1-2H3,(H,18,19). The molecule has 2 N–H and O–H groups in total. The molecule has 1 aliphatic carbocycles. The van der Waals surface area contributed by atoms with Crippen LogP contribution in [0.4, 0.5) is 0 Å². The quantitative estimate of drug-likeness (QED) is 0.790. The molecule has 0 heterocycles. The van der Waals surface area contributed by atoms with Crippen molar-refractivity contribution in [3.05, 3.63) is 35.4 Å². The molecule has 0 radical (unpaired) electrons. The second kappa shape index (κ2) is 6.71. The van der Waals surface area contributed by atoms with Gasteiger partial charge in [-0.15, -0.1) is 0 Å². The minimum atomic E-state index is 0.0774. The molecule has 1 saturated carbocycles.